The number of sulfonamides is 1. The van der Waals surface area contributed by atoms with Crippen molar-refractivity contribution in [2.24, 2.45) is 0 Å². The molecule has 1 N–H and O–H groups in total. The van der Waals surface area contributed by atoms with Crippen molar-refractivity contribution in [1.29, 1.82) is 0 Å². The van der Waals surface area contributed by atoms with E-state index in [1.54, 1.807) is 24.3 Å². The van der Waals surface area contributed by atoms with E-state index < -0.39 is 22.0 Å². The number of benzene rings is 3. The maximum atomic E-state index is 13.4. The quantitative estimate of drug-likeness (QED) is 0.513. The van der Waals surface area contributed by atoms with E-state index in [4.69, 9.17) is 21.1 Å². The van der Waals surface area contributed by atoms with Crippen LogP contribution in [0, 0.1) is 0 Å². The standard InChI is InChI=1S/C25H25ClN2O5S/c1-3-32-20-12-8-18(9-13-20)17(2)27-25(29)24-16-28(22-6-4-5-7-23(22)33-24)34(30,31)21-14-10-19(26)11-15-21/h4-15,17,24H,3,16H2,1-2H3,(H,27,29)/t17-,24+/m0/s1. The van der Waals surface area contributed by atoms with E-state index in [9.17, 15) is 13.2 Å². The minimum Gasteiger partial charge on any atom is -0.494 e. The molecule has 7 nitrogen and oxygen atoms in total. The topological polar surface area (TPSA) is 84.9 Å². The zero-order valence-corrected chi connectivity index (χ0v) is 20.3. The largest absolute Gasteiger partial charge is 0.494 e. The second-order valence-electron chi connectivity index (χ2n) is 7.80. The van der Waals surface area contributed by atoms with Crippen molar-refractivity contribution in [1.82, 2.24) is 5.32 Å². The third kappa shape index (κ3) is 4.98. The van der Waals surface area contributed by atoms with E-state index in [0.717, 1.165) is 11.3 Å². The second kappa shape index (κ2) is 9.95. The van der Waals surface area contributed by atoms with Crippen LogP contribution in [-0.4, -0.2) is 33.6 Å². The lowest BCUT2D eigenvalue weighted by atomic mass is 10.1. The maximum absolute atomic E-state index is 13.4. The minimum absolute atomic E-state index is 0.0792. The molecule has 0 aromatic heterocycles. The van der Waals surface area contributed by atoms with Gasteiger partial charge in [-0.25, -0.2) is 8.42 Å². The molecule has 0 saturated heterocycles. The fraction of sp³-hybridized carbons (Fsp3) is 0.240. The fourth-order valence-corrected chi connectivity index (χ4v) is 5.31. The van der Waals surface area contributed by atoms with Crippen molar-refractivity contribution >= 4 is 33.2 Å². The normalized spacial score (nSPS) is 16.2. The summed E-state index contributed by atoms with van der Waals surface area (Å²) in [6, 6.07) is 19.8. The molecule has 0 spiro atoms. The molecule has 1 aliphatic heterocycles. The molecule has 1 amide bonds. The van der Waals surface area contributed by atoms with Crippen molar-refractivity contribution in [2.45, 2.75) is 30.9 Å². The summed E-state index contributed by atoms with van der Waals surface area (Å²) in [5.74, 6) is 0.660. The third-order valence-corrected chi connectivity index (χ3v) is 7.52. The summed E-state index contributed by atoms with van der Waals surface area (Å²) in [5, 5.41) is 3.36. The lowest BCUT2D eigenvalue weighted by Gasteiger charge is -2.35. The van der Waals surface area contributed by atoms with Gasteiger partial charge in [0.15, 0.2) is 6.10 Å². The van der Waals surface area contributed by atoms with Crippen molar-refractivity contribution in [3.05, 3.63) is 83.4 Å². The fourth-order valence-electron chi connectivity index (χ4n) is 3.71. The van der Waals surface area contributed by atoms with Crippen LogP contribution < -0.4 is 19.1 Å². The SMILES string of the molecule is CCOc1ccc([C@H](C)NC(=O)[C@H]2CN(S(=O)(=O)c3ccc(Cl)cc3)c3ccccc3O2)cc1. The highest BCUT2D eigenvalue weighted by atomic mass is 35.5. The van der Waals surface area contributed by atoms with Gasteiger partial charge in [0.25, 0.3) is 15.9 Å². The van der Waals surface area contributed by atoms with Crippen LogP contribution in [0.4, 0.5) is 5.69 Å². The van der Waals surface area contributed by atoms with E-state index in [2.05, 4.69) is 5.32 Å². The number of amides is 1. The van der Waals surface area contributed by atoms with Gasteiger partial charge in [0, 0.05) is 5.02 Å². The Morgan fingerprint density at radius 3 is 2.47 bits per heavy atom. The zero-order valence-electron chi connectivity index (χ0n) is 18.8. The van der Waals surface area contributed by atoms with Crippen LogP contribution in [0.2, 0.25) is 5.02 Å². The predicted molar refractivity (Wildman–Crippen MR) is 131 cm³/mol. The number of ether oxygens (including phenoxy) is 2. The molecule has 178 valence electrons. The molecule has 0 bridgehead atoms. The van der Waals surface area contributed by atoms with Crippen molar-refractivity contribution in [2.75, 3.05) is 17.5 Å². The Morgan fingerprint density at radius 2 is 1.79 bits per heavy atom. The van der Waals surface area contributed by atoms with E-state index in [1.165, 1.54) is 28.6 Å². The van der Waals surface area contributed by atoms with Gasteiger partial charge in [0.2, 0.25) is 0 Å². The first-order valence-corrected chi connectivity index (χ1v) is 12.7. The molecule has 1 aliphatic rings. The van der Waals surface area contributed by atoms with Crippen LogP contribution in [0.25, 0.3) is 0 Å². The average Bonchev–Trinajstić information content (AvgIpc) is 2.84. The number of nitrogens with one attached hydrogen (secondary N) is 1. The van der Waals surface area contributed by atoms with Gasteiger partial charge < -0.3 is 14.8 Å². The summed E-state index contributed by atoms with van der Waals surface area (Å²) in [5.41, 5.74) is 1.26. The summed E-state index contributed by atoms with van der Waals surface area (Å²) < 4.78 is 39.5. The number of carbonyl (C=O) groups is 1. The number of fused-ring (bicyclic) bond motifs is 1. The lowest BCUT2D eigenvalue weighted by Crippen LogP contribution is -2.51. The highest BCUT2D eigenvalue weighted by molar-refractivity contribution is 7.92. The molecule has 0 aliphatic carbocycles. The van der Waals surface area contributed by atoms with E-state index >= 15 is 0 Å². The number of hydrogen-bond acceptors (Lipinski definition) is 5. The number of carbonyl (C=O) groups excluding carboxylic acids is 1. The highest BCUT2D eigenvalue weighted by Gasteiger charge is 2.37. The van der Waals surface area contributed by atoms with Crippen LogP contribution >= 0.6 is 11.6 Å². The Morgan fingerprint density at radius 1 is 1.12 bits per heavy atom. The summed E-state index contributed by atoms with van der Waals surface area (Å²) >= 11 is 5.93. The molecule has 0 saturated carbocycles. The molecule has 34 heavy (non-hydrogen) atoms. The van der Waals surface area contributed by atoms with Gasteiger partial charge in [-0.3, -0.25) is 9.10 Å². The Balaban J connectivity index is 1.56. The Hall–Kier alpha value is -3.23. The Labute approximate surface area is 204 Å². The zero-order chi connectivity index (χ0) is 24.3. The number of nitrogens with zero attached hydrogens (tertiary/aromatic N) is 1. The van der Waals surface area contributed by atoms with Gasteiger partial charge >= 0.3 is 0 Å². The molecular formula is C25H25ClN2O5S. The number of anilines is 1. The molecular weight excluding hydrogens is 476 g/mol. The molecule has 0 unspecified atom stereocenters. The first-order valence-electron chi connectivity index (χ1n) is 10.9. The van der Waals surface area contributed by atoms with Gasteiger partial charge in [-0.1, -0.05) is 35.9 Å². The lowest BCUT2D eigenvalue weighted by molar-refractivity contribution is -0.128. The molecule has 4 rings (SSSR count). The van der Waals surface area contributed by atoms with E-state index in [0.29, 0.717) is 23.1 Å². The van der Waals surface area contributed by atoms with Crippen molar-refractivity contribution in [3.63, 3.8) is 0 Å². The smallest absolute Gasteiger partial charge is 0.264 e. The van der Waals surface area contributed by atoms with Crippen LogP contribution in [0.1, 0.15) is 25.5 Å². The average molecular weight is 501 g/mol. The predicted octanol–water partition coefficient (Wildman–Crippen LogP) is 4.57. The van der Waals surface area contributed by atoms with Gasteiger partial charge in [-0.2, -0.15) is 0 Å². The molecule has 1 heterocycles. The van der Waals surface area contributed by atoms with Crippen LogP contribution in [0.15, 0.2) is 77.7 Å². The van der Waals surface area contributed by atoms with E-state index in [-0.39, 0.29) is 17.5 Å². The van der Waals surface area contributed by atoms with Crippen molar-refractivity contribution in [3.8, 4) is 11.5 Å². The van der Waals surface area contributed by atoms with Gasteiger partial charge in [-0.05, 0) is 67.9 Å². The monoisotopic (exact) mass is 500 g/mol. The molecule has 2 atom stereocenters. The molecule has 0 fully saturated rings. The minimum atomic E-state index is -3.95. The van der Waals surface area contributed by atoms with Crippen LogP contribution in [0.3, 0.4) is 0 Å². The summed E-state index contributed by atoms with van der Waals surface area (Å²) in [7, 11) is -3.95. The van der Waals surface area contributed by atoms with Crippen molar-refractivity contribution < 1.29 is 22.7 Å². The van der Waals surface area contributed by atoms with Gasteiger partial charge in [0.1, 0.15) is 11.5 Å². The summed E-state index contributed by atoms with van der Waals surface area (Å²) in [6.45, 7) is 4.17. The van der Waals surface area contributed by atoms with E-state index in [1.807, 2.05) is 38.1 Å². The number of halogens is 1. The maximum Gasteiger partial charge on any atom is 0.264 e. The molecule has 3 aromatic carbocycles. The highest BCUT2D eigenvalue weighted by Crippen LogP contribution is 2.37. The first-order chi connectivity index (χ1) is 16.3. The number of rotatable bonds is 7. The summed E-state index contributed by atoms with van der Waals surface area (Å²) in [4.78, 5) is 13.2. The van der Waals surface area contributed by atoms with Gasteiger partial charge in [-0.15, -0.1) is 0 Å². The summed E-state index contributed by atoms with van der Waals surface area (Å²) in [6.07, 6.45) is -1.03. The second-order valence-corrected chi connectivity index (χ2v) is 10.1. The Bertz CT molecular complexity index is 1260. The molecule has 0 radical (unpaired) electrons. The number of hydrogen-bond donors (Lipinski definition) is 1. The van der Waals surface area contributed by atoms with Crippen LogP contribution in [0.5, 0.6) is 11.5 Å². The third-order valence-electron chi connectivity index (χ3n) is 5.48. The first kappa shape index (κ1) is 23.9. The van der Waals surface area contributed by atoms with Crippen LogP contribution in [-0.2, 0) is 14.8 Å². The molecule has 3 aromatic rings. The molecule has 9 heteroatoms. The number of para-hydroxylation sites is 2. The van der Waals surface area contributed by atoms with Gasteiger partial charge in [0.05, 0.1) is 29.8 Å². The Kier molecular flexibility index (Phi) is 7.00.